The van der Waals surface area contributed by atoms with Crippen molar-refractivity contribution in [2.75, 3.05) is 13.7 Å². The lowest BCUT2D eigenvalue weighted by molar-refractivity contribution is -0.139. The highest BCUT2D eigenvalue weighted by Crippen LogP contribution is 2.32. The van der Waals surface area contributed by atoms with Gasteiger partial charge in [0, 0.05) is 5.56 Å². The summed E-state index contributed by atoms with van der Waals surface area (Å²) in [6, 6.07) is 11.7. The average Bonchev–Trinajstić information content (AvgIpc) is 3.05. The molecule has 1 aliphatic rings. The van der Waals surface area contributed by atoms with Crippen LogP contribution in [0.4, 0.5) is 5.69 Å². The van der Waals surface area contributed by atoms with Crippen molar-refractivity contribution in [1.29, 1.82) is 0 Å². The number of rotatable bonds is 7. The van der Waals surface area contributed by atoms with Gasteiger partial charge in [0.2, 0.25) is 0 Å². The number of nitrogens with zero attached hydrogens (tertiary/aromatic N) is 1. The van der Waals surface area contributed by atoms with Crippen LogP contribution in [-0.4, -0.2) is 41.7 Å². The van der Waals surface area contributed by atoms with Gasteiger partial charge in [0.15, 0.2) is 29.1 Å². The molecule has 0 spiro atoms. The highest BCUT2D eigenvalue weighted by molar-refractivity contribution is 8.18. The SMILES string of the molecule is COc1cc(/C=C2/SC(=Nc3cccc(C(C)=O)c3)NC2=O)ccc1OCC(=O)O. The van der Waals surface area contributed by atoms with Gasteiger partial charge in [-0.05, 0) is 54.6 Å². The number of hydrogen-bond acceptors (Lipinski definition) is 7. The van der Waals surface area contributed by atoms with Gasteiger partial charge in [-0.3, -0.25) is 9.59 Å². The molecule has 8 nitrogen and oxygen atoms in total. The van der Waals surface area contributed by atoms with Gasteiger partial charge in [0.05, 0.1) is 17.7 Å². The first-order chi connectivity index (χ1) is 14.4. The van der Waals surface area contributed by atoms with Gasteiger partial charge in [0.1, 0.15) is 0 Å². The molecular formula is C21H18N2O6S. The lowest BCUT2D eigenvalue weighted by Crippen LogP contribution is -2.19. The number of carbonyl (C=O) groups is 3. The van der Waals surface area contributed by atoms with Crippen LogP contribution in [0, 0.1) is 0 Å². The van der Waals surface area contributed by atoms with E-state index in [1.54, 1.807) is 48.5 Å². The van der Waals surface area contributed by atoms with E-state index >= 15 is 0 Å². The summed E-state index contributed by atoms with van der Waals surface area (Å²) in [7, 11) is 1.44. The van der Waals surface area contributed by atoms with Crippen LogP contribution >= 0.6 is 11.8 Å². The van der Waals surface area contributed by atoms with E-state index in [9.17, 15) is 14.4 Å². The van der Waals surface area contributed by atoms with Crippen LogP contribution in [0.3, 0.4) is 0 Å². The third kappa shape index (κ3) is 5.26. The van der Waals surface area contributed by atoms with Gasteiger partial charge in [-0.15, -0.1) is 0 Å². The molecule has 0 radical (unpaired) electrons. The van der Waals surface area contributed by atoms with Gasteiger partial charge < -0.3 is 19.9 Å². The number of aliphatic carboxylic acids is 1. The summed E-state index contributed by atoms with van der Waals surface area (Å²) in [5.41, 5.74) is 1.78. The maximum atomic E-state index is 12.3. The zero-order valence-corrected chi connectivity index (χ0v) is 17.0. The van der Waals surface area contributed by atoms with E-state index in [0.29, 0.717) is 32.6 Å². The molecule has 1 heterocycles. The molecule has 2 N–H and O–H groups in total. The molecule has 0 bridgehead atoms. The summed E-state index contributed by atoms with van der Waals surface area (Å²) in [6.07, 6.45) is 1.66. The Bertz CT molecular complexity index is 1080. The van der Waals surface area contributed by atoms with Gasteiger partial charge in [0.25, 0.3) is 5.91 Å². The zero-order valence-electron chi connectivity index (χ0n) is 16.2. The Kier molecular flexibility index (Phi) is 6.53. The van der Waals surface area contributed by atoms with E-state index in [1.807, 2.05) is 0 Å². The molecule has 0 unspecified atom stereocenters. The van der Waals surface area contributed by atoms with E-state index in [0.717, 1.165) is 0 Å². The average molecular weight is 426 g/mol. The maximum Gasteiger partial charge on any atom is 0.341 e. The molecule has 1 fully saturated rings. The molecule has 1 saturated heterocycles. The van der Waals surface area contributed by atoms with Crippen LogP contribution in [0.15, 0.2) is 52.4 Å². The van der Waals surface area contributed by atoms with Crippen LogP contribution in [-0.2, 0) is 9.59 Å². The highest BCUT2D eigenvalue weighted by atomic mass is 32.2. The molecule has 0 aliphatic carbocycles. The molecule has 154 valence electrons. The van der Waals surface area contributed by atoms with Crippen molar-refractivity contribution in [1.82, 2.24) is 5.32 Å². The van der Waals surface area contributed by atoms with E-state index in [1.165, 1.54) is 25.8 Å². The first kappa shape index (κ1) is 21.1. The fourth-order valence-electron chi connectivity index (χ4n) is 2.58. The fraction of sp³-hybridized carbons (Fsp3) is 0.143. The summed E-state index contributed by atoms with van der Waals surface area (Å²) in [5, 5.41) is 11.8. The normalized spacial score (nSPS) is 15.9. The van der Waals surface area contributed by atoms with E-state index in [2.05, 4.69) is 10.3 Å². The van der Waals surface area contributed by atoms with Gasteiger partial charge in [-0.25, -0.2) is 9.79 Å². The molecule has 1 amide bonds. The second-order valence-corrected chi connectivity index (χ2v) is 7.21. The number of carboxylic acids is 1. The molecule has 0 atom stereocenters. The second-order valence-electron chi connectivity index (χ2n) is 6.18. The standard InChI is InChI=1S/C21H18N2O6S/c1-12(24)14-4-3-5-15(10-14)22-21-23-20(27)18(30-21)9-13-6-7-16(17(8-13)28-2)29-11-19(25)26/h3-10H,11H2,1-2H3,(H,25,26)(H,22,23,27)/b18-9+. The number of aliphatic imine (C=N–C) groups is 1. The summed E-state index contributed by atoms with van der Waals surface area (Å²) < 4.78 is 10.4. The topological polar surface area (TPSA) is 114 Å². The van der Waals surface area contributed by atoms with E-state index in [-0.39, 0.29) is 17.4 Å². The Morgan fingerprint density at radius 2 is 2.00 bits per heavy atom. The summed E-state index contributed by atoms with van der Waals surface area (Å²) in [4.78, 5) is 39.3. The number of thioether (sulfide) groups is 1. The van der Waals surface area contributed by atoms with Crippen LogP contribution in [0.25, 0.3) is 6.08 Å². The van der Waals surface area contributed by atoms with Gasteiger partial charge in [-0.1, -0.05) is 18.2 Å². The quantitative estimate of drug-likeness (QED) is 0.516. The van der Waals surface area contributed by atoms with Crippen LogP contribution in [0.1, 0.15) is 22.8 Å². The smallest absolute Gasteiger partial charge is 0.341 e. The first-order valence-electron chi connectivity index (χ1n) is 8.79. The Hall–Kier alpha value is -3.59. The third-order valence-corrected chi connectivity index (χ3v) is 4.88. The van der Waals surface area contributed by atoms with E-state index in [4.69, 9.17) is 14.6 Å². The number of carbonyl (C=O) groups excluding carboxylic acids is 2. The van der Waals surface area contributed by atoms with Gasteiger partial charge in [-0.2, -0.15) is 0 Å². The monoisotopic (exact) mass is 426 g/mol. The second kappa shape index (κ2) is 9.27. The van der Waals surface area contributed by atoms with Gasteiger partial charge >= 0.3 is 5.97 Å². The lowest BCUT2D eigenvalue weighted by atomic mass is 10.1. The number of amides is 1. The van der Waals surface area contributed by atoms with Crippen molar-refractivity contribution in [3.63, 3.8) is 0 Å². The predicted molar refractivity (Wildman–Crippen MR) is 113 cm³/mol. The first-order valence-corrected chi connectivity index (χ1v) is 9.60. The number of amidine groups is 1. The van der Waals surface area contributed by atoms with Crippen LogP contribution in [0.2, 0.25) is 0 Å². The predicted octanol–water partition coefficient (Wildman–Crippen LogP) is 3.25. The minimum Gasteiger partial charge on any atom is -0.493 e. The van der Waals surface area contributed by atoms with Crippen molar-refractivity contribution in [2.45, 2.75) is 6.92 Å². The highest BCUT2D eigenvalue weighted by Gasteiger charge is 2.24. The number of nitrogens with one attached hydrogen (secondary N) is 1. The van der Waals surface area contributed by atoms with E-state index < -0.39 is 12.6 Å². The Morgan fingerprint density at radius 1 is 1.20 bits per heavy atom. The number of methoxy groups -OCH3 is 1. The summed E-state index contributed by atoms with van der Waals surface area (Å²) in [6.45, 7) is 0.991. The van der Waals surface area contributed by atoms with Crippen LogP contribution < -0.4 is 14.8 Å². The molecular weight excluding hydrogens is 408 g/mol. The Morgan fingerprint density at radius 3 is 2.70 bits per heavy atom. The third-order valence-electron chi connectivity index (χ3n) is 3.97. The largest absolute Gasteiger partial charge is 0.493 e. The number of hydrogen-bond donors (Lipinski definition) is 2. The molecule has 30 heavy (non-hydrogen) atoms. The Balaban J connectivity index is 1.80. The molecule has 2 aromatic rings. The van der Waals surface area contributed by atoms with Crippen molar-refractivity contribution in [3.05, 3.63) is 58.5 Å². The molecule has 3 rings (SSSR count). The summed E-state index contributed by atoms with van der Waals surface area (Å²) in [5.74, 6) is -0.817. The number of ketones is 1. The van der Waals surface area contributed by atoms with Crippen molar-refractivity contribution < 1.29 is 29.0 Å². The number of ether oxygens (including phenoxy) is 2. The maximum absolute atomic E-state index is 12.3. The Labute approximate surface area is 176 Å². The van der Waals surface area contributed by atoms with Crippen molar-refractivity contribution in [3.8, 4) is 11.5 Å². The minimum atomic E-state index is -1.09. The van der Waals surface area contributed by atoms with Crippen molar-refractivity contribution >= 4 is 46.4 Å². The van der Waals surface area contributed by atoms with Crippen molar-refractivity contribution in [2.24, 2.45) is 4.99 Å². The minimum absolute atomic E-state index is 0.0644. The molecule has 0 saturated carbocycles. The molecule has 1 aliphatic heterocycles. The van der Waals surface area contributed by atoms with Crippen LogP contribution in [0.5, 0.6) is 11.5 Å². The molecule has 2 aromatic carbocycles. The number of Topliss-reactive ketones (excluding diaryl/α,β-unsaturated/α-hetero) is 1. The zero-order chi connectivity index (χ0) is 21.7. The number of carboxylic acid groups (broad SMARTS) is 1. The molecule has 0 aromatic heterocycles. The fourth-order valence-corrected chi connectivity index (χ4v) is 3.42. The number of benzene rings is 2. The molecule has 9 heteroatoms. The lowest BCUT2D eigenvalue weighted by Gasteiger charge is -2.09. The summed E-state index contributed by atoms with van der Waals surface area (Å²) >= 11 is 1.17.